The Hall–Kier alpha value is -4.34. The second-order valence-corrected chi connectivity index (χ2v) is 13.0. The summed E-state index contributed by atoms with van der Waals surface area (Å²) in [6, 6.07) is 30.4. The first-order chi connectivity index (χ1) is 24.3. The van der Waals surface area contributed by atoms with Gasteiger partial charge in [-0.2, -0.15) is 0 Å². The summed E-state index contributed by atoms with van der Waals surface area (Å²) in [6.45, 7) is 1.20. The molecule has 0 aliphatic rings. The summed E-state index contributed by atoms with van der Waals surface area (Å²) >= 11 is 12.0. The van der Waals surface area contributed by atoms with Gasteiger partial charge in [-0.1, -0.05) is 85.3 Å². The van der Waals surface area contributed by atoms with Crippen molar-refractivity contribution < 1.29 is 19.2 Å². The molecule has 4 N–H and O–H groups in total. The minimum Gasteiger partial charge on any atom is -0.325 e. The van der Waals surface area contributed by atoms with Crippen LogP contribution in [0.2, 0.25) is 10.0 Å². The molecule has 0 radical (unpaired) electrons. The molecule has 0 bridgehead atoms. The van der Waals surface area contributed by atoms with Crippen LogP contribution in [0, 0.1) is 0 Å². The molecule has 262 valence electrons. The van der Waals surface area contributed by atoms with Gasteiger partial charge >= 0.3 is 0 Å². The van der Waals surface area contributed by atoms with E-state index in [0.29, 0.717) is 45.6 Å². The fourth-order valence-corrected chi connectivity index (χ4v) is 5.66. The van der Waals surface area contributed by atoms with E-state index in [-0.39, 0.29) is 36.2 Å². The van der Waals surface area contributed by atoms with Crippen LogP contribution >= 0.6 is 23.2 Å². The molecule has 2 unspecified atom stereocenters. The van der Waals surface area contributed by atoms with Crippen molar-refractivity contribution in [2.24, 2.45) is 0 Å². The van der Waals surface area contributed by atoms with Gasteiger partial charge in [0.15, 0.2) is 11.6 Å². The first-order valence-electron chi connectivity index (χ1n) is 17.0. The average Bonchev–Trinajstić information content (AvgIpc) is 3.12. The van der Waals surface area contributed by atoms with Crippen LogP contribution < -0.4 is 21.3 Å². The predicted octanol–water partition coefficient (Wildman–Crippen LogP) is 8.37. The normalized spacial score (nSPS) is 12.1. The molecule has 0 saturated carbocycles. The molecule has 0 spiro atoms. The molecule has 2 atom stereocenters. The van der Waals surface area contributed by atoms with E-state index in [1.54, 1.807) is 48.5 Å². The van der Waals surface area contributed by atoms with Gasteiger partial charge in [0.2, 0.25) is 11.8 Å². The van der Waals surface area contributed by atoms with Crippen molar-refractivity contribution in [1.82, 2.24) is 10.6 Å². The lowest BCUT2D eigenvalue weighted by molar-refractivity contribution is -0.118. The van der Waals surface area contributed by atoms with E-state index in [4.69, 9.17) is 23.2 Å². The molecule has 0 aliphatic carbocycles. The van der Waals surface area contributed by atoms with Gasteiger partial charge < -0.3 is 21.3 Å². The summed E-state index contributed by atoms with van der Waals surface area (Å²) in [7, 11) is 0. The zero-order valence-corrected chi connectivity index (χ0v) is 29.5. The predicted molar refractivity (Wildman–Crippen MR) is 202 cm³/mol. The number of hydrogen-bond donors (Lipinski definition) is 4. The summed E-state index contributed by atoms with van der Waals surface area (Å²) in [5.41, 5.74) is 2.38. The SMILES string of the molecule is O=C(CC(NCCCCCCCCNC(CC(=O)c1ccc(Cl)cc1)C(=O)Nc1ccccc1)C(=O)Nc1ccccc1)c1ccc(Cl)cc1. The summed E-state index contributed by atoms with van der Waals surface area (Å²) in [5.74, 6) is -0.775. The Bertz CT molecular complexity index is 1530. The Kier molecular flexibility index (Phi) is 16.2. The Labute approximate surface area is 304 Å². The number of nitrogens with one attached hydrogen (secondary N) is 4. The Morgan fingerprint density at radius 2 is 0.800 bits per heavy atom. The quantitative estimate of drug-likeness (QED) is 0.0509. The average molecular weight is 716 g/mol. The van der Waals surface area contributed by atoms with E-state index < -0.39 is 12.1 Å². The van der Waals surface area contributed by atoms with Crippen LogP contribution in [0.5, 0.6) is 0 Å². The van der Waals surface area contributed by atoms with Gasteiger partial charge in [0, 0.05) is 45.4 Å². The lowest BCUT2D eigenvalue weighted by Crippen LogP contribution is -2.42. The lowest BCUT2D eigenvalue weighted by Gasteiger charge is -2.18. The third-order valence-corrected chi connectivity index (χ3v) is 8.72. The maximum atomic E-state index is 13.1. The molecule has 2 amide bonds. The topological polar surface area (TPSA) is 116 Å². The van der Waals surface area contributed by atoms with Crippen molar-refractivity contribution in [3.63, 3.8) is 0 Å². The van der Waals surface area contributed by atoms with Crippen molar-refractivity contribution in [2.45, 2.75) is 63.5 Å². The molecular weight excluding hydrogens is 671 g/mol. The second-order valence-electron chi connectivity index (χ2n) is 12.1. The number of carbonyl (C=O) groups excluding carboxylic acids is 4. The van der Waals surface area contributed by atoms with Crippen LogP contribution in [0.25, 0.3) is 0 Å². The van der Waals surface area contributed by atoms with Crippen LogP contribution in [-0.2, 0) is 9.59 Å². The van der Waals surface area contributed by atoms with Gasteiger partial charge in [-0.15, -0.1) is 0 Å². The third-order valence-electron chi connectivity index (χ3n) is 8.21. The summed E-state index contributed by atoms with van der Waals surface area (Å²) in [4.78, 5) is 52.2. The summed E-state index contributed by atoms with van der Waals surface area (Å²) < 4.78 is 0. The minimum absolute atomic E-state index is 0.0307. The fourth-order valence-electron chi connectivity index (χ4n) is 5.40. The highest BCUT2D eigenvalue weighted by atomic mass is 35.5. The van der Waals surface area contributed by atoms with Gasteiger partial charge in [0.05, 0.1) is 12.1 Å². The Morgan fingerprint density at radius 1 is 0.460 bits per heavy atom. The highest BCUT2D eigenvalue weighted by molar-refractivity contribution is 6.31. The third kappa shape index (κ3) is 13.5. The number of unbranched alkanes of at least 4 members (excludes halogenated alkanes) is 5. The Balaban J connectivity index is 1.18. The van der Waals surface area contributed by atoms with E-state index in [9.17, 15) is 19.2 Å². The molecule has 8 nitrogen and oxygen atoms in total. The van der Waals surface area contributed by atoms with Gasteiger partial charge in [0.1, 0.15) is 0 Å². The first kappa shape index (κ1) is 38.5. The van der Waals surface area contributed by atoms with Crippen molar-refractivity contribution in [2.75, 3.05) is 23.7 Å². The molecule has 0 heterocycles. The number of halogens is 2. The molecule has 0 saturated heterocycles. The fraction of sp³-hybridized carbons (Fsp3) is 0.300. The number of carbonyl (C=O) groups is 4. The number of benzene rings is 4. The molecule has 0 aromatic heterocycles. The highest BCUT2D eigenvalue weighted by Crippen LogP contribution is 2.16. The number of rotatable bonds is 21. The van der Waals surface area contributed by atoms with E-state index in [2.05, 4.69) is 21.3 Å². The maximum Gasteiger partial charge on any atom is 0.241 e. The number of hydrogen-bond acceptors (Lipinski definition) is 6. The van der Waals surface area contributed by atoms with Crippen LogP contribution in [-0.4, -0.2) is 48.6 Å². The number of amides is 2. The number of Topliss-reactive ketones (excluding diaryl/α,β-unsaturated/α-hetero) is 2. The van der Waals surface area contributed by atoms with Crippen molar-refractivity contribution in [3.8, 4) is 0 Å². The maximum absolute atomic E-state index is 13.1. The Morgan fingerprint density at radius 3 is 1.16 bits per heavy atom. The van der Waals surface area contributed by atoms with Gasteiger partial charge in [0.25, 0.3) is 0 Å². The van der Waals surface area contributed by atoms with Crippen molar-refractivity contribution in [3.05, 3.63) is 130 Å². The van der Waals surface area contributed by atoms with Crippen LogP contribution in [0.4, 0.5) is 11.4 Å². The summed E-state index contributed by atoms with van der Waals surface area (Å²) in [5, 5.41) is 13.5. The molecular formula is C40H44Cl2N4O4. The molecule has 0 aliphatic heterocycles. The number of ketones is 2. The smallest absolute Gasteiger partial charge is 0.241 e. The van der Waals surface area contributed by atoms with Crippen molar-refractivity contribution >= 4 is 58.0 Å². The molecule has 4 aromatic carbocycles. The van der Waals surface area contributed by atoms with Crippen LogP contribution in [0.3, 0.4) is 0 Å². The van der Waals surface area contributed by atoms with Crippen molar-refractivity contribution in [1.29, 1.82) is 0 Å². The highest BCUT2D eigenvalue weighted by Gasteiger charge is 2.23. The molecule has 4 rings (SSSR count). The minimum atomic E-state index is -0.678. The zero-order valence-electron chi connectivity index (χ0n) is 28.0. The molecule has 50 heavy (non-hydrogen) atoms. The standard InChI is InChI=1S/C40H44Cl2N4O4/c41-31-21-17-29(18-22-31)37(47)27-35(39(49)45-33-13-7-5-8-14-33)43-25-11-3-1-2-4-12-26-44-36(40(50)46-34-15-9-6-10-16-34)28-38(48)30-19-23-32(42)24-20-30/h5-10,13-24,35-36,43-44H,1-4,11-12,25-28H2,(H,45,49)(H,46,50). The first-order valence-corrected chi connectivity index (χ1v) is 17.8. The van der Waals surface area contributed by atoms with Crippen LogP contribution in [0.15, 0.2) is 109 Å². The van der Waals surface area contributed by atoms with E-state index >= 15 is 0 Å². The lowest BCUT2D eigenvalue weighted by atomic mass is 10.0. The van der Waals surface area contributed by atoms with Gasteiger partial charge in [-0.25, -0.2) is 0 Å². The van der Waals surface area contributed by atoms with E-state index in [1.807, 2.05) is 60.7 Å². The van der Waals surface area contributed by atoms with Gasteiger partial charge in [-0.3, -0.25) is 19.2 Å². The second kappa shape index (κ2) is 21.0. The van der Waals surface area contributed by atoms with E-state index in [1.165, 1.54) is 0 Å². The van der Waals surface area contributed by atoms with Gasteiger partial charge in [-0.05, 0) is 98.7 Å². The summed E-state index contributed by atoms with van der Waals surface area (Å²) in [6.07, 6.45) is 5.74. The molecule has 0 fully saturated rings. The largest absolute Gasteiger partial charge is 0.325 e. The number of anilines is 2. The zero-order chi connectivity index (χ0) is 35.6. The van der Waals surface area contributed by atoms with E-state index in [0.717, 1.165) is 38.5 Å². The van der Waals surface area contributed by atoms with Crippen LogP contribution in [0.1, 0.15) is 72.1 Å². The molecule has 10 heteroatoms. The number of para-hydroxylation sites is 2. The monoisotopic (exact) mass is 714 g/mol. The molecule has 4 aromatic rings.